The van der Waals surface area contributed by atoms with Gasteiger partial charge >= 0.3 is 0 Å². The molecule has 150 valence electrons. The monoisotopic (exact) mass is 402 g/mol. The lowest BCUT2D eigenvalue weighted by Crippen LogP contribution is -1.90. The molecule has 4 aromatic carbocycles. The lowest BCUT2D eigenvalue weighted by Gasteiger charge is -2.09. The minimum absolute atomic E-state index is 0.237. The Hall–Kier alpha value is -3.33. The van der Waals surface area contributed by atoms with Crippen LogP contribution in [0, 0.1) is 17.5 Å². The van der Waals surface area contributed by atoms with E-state index in [0.717, 1.165) is 47.2 Å². The van der Waals surface area contributed by atoms with Crippen LogP contribution in [0.15, 0.2) is 84.9 Å². The summed E-state index contributed by atoms with van der Waals surface area (Å²) in [7, 11) is 0. The third kappa shape index (κ3) is 4.16. The van der Waals surface area contributed by atoms with Crippen LogP contribution in [-0.4, -0.2) is 0 Å². The van der Waals surface area contributed by atoms with Crippen molar-refractivity contribution in [3.05, 3.63) is 108 Å². The van der Waals surface area contributed by atoms with Crippen molar-refractivity contribution in [2.45, 2.75) is 19.8 Å². The normalized spacial score (nSPS) is 10.9. The Kier molecular flexibility index (Phi) is 5.71. The fourth-order valence-electron chi connectivity index (χ4n) is 3.60. The van der Waals surface area contributed by atoms with Crippen molar-refractivity contribution in [2.24, 2.45) is 0 Å². The minimum Gasteiger partial charge on any atom is -0.206 e. The van der Waals surface area contributed by atoms with E-state index in [1.54, 1.807) is 12.1 Å². The van der Waals surface area contributed by atoms with Crippen LogP contribution in [0.1, 0.15) is 18.9 Å². The third-order valence-electron chi connectivity index (χ3n) is 5.24. The maximum Gasteiger partial charge on any atom is 0.159 e. The van der Waals surface area contributed by atoms with Gasteiger partial charge in [-0.25, -0.2) is 13.2 Å². The van der Waals surface area contributed by atoms with Gasteiger partial charge in [0.1, 0.15) is 5.82 Å². The molecule has 0 aliphatic carbocycles. The van der Waals surface area contributed by atoms with Crippen LogP contribution in [0.5, 0.6) is 0 Å². The van der Waals surface area contributed by atoms with Crippen molar-refractivity contribution in [3.63, 3.8) is 0 Å². The number of benzene rings is 4. The zero-order valence-electron chi connectivity index (χ0n) is 16.6. The lowest BCUT2D eigenvalue weighted by atomic mass is 9.97. The Balaban J connectivity index is 1.58. The first-order valence-electron chi connectivity index (χ1n) is 10.00. The van der Waals surface area contributed by atoms with Crippen molar-refractivity contribution < 1.29 is 13.2 Å². The molecule has 0 aromatic heterocycles. The Morgan fingerprint density at radius 3 is 1.57 bits per heavy atom. The molecule has 30 heavy (non-hydrogen) atoms. The van der Waals surface area contributed by atoms with Gasteiger partial charge in [0.15, 0.2) is 11.6 Å². The number of aryl methyl sites for hydroxylation is 1. The predicted molar refractivity (Wildman–Crippen MR) is 117 cm³/mol. The second-order valence-electron chi connectivity index (χ2n) is 7.35. The molecular formula is C27H21F3. The van der Waals surface area contributed by atoms with E-state index in [1.165, 1.54) is 17.7 Å². The van der Waals surface area contributed by atoms with Crippen LogP contribution in [0.25, 0.3) is 33.4 Å². The van der Waals surface area contributed by atoms with Gasteiger partial charge in [-0.3, -0.25) is 0 Å². The van der Waals surface area contributed by atoms with Crippen LogP contribution in [0.4, 0.5) is 13.2 Å². The largest absolute Gasteiger partial charge is 0.206 e. The first-order valence-corrected chi connectivity index (χ1v) is 10.00. The van der Waals surface area contributed by atoms with E-state index in [2.05, 4.69) is 31.2 Å². The Labute approximate surface area is 174 Å². The van der Waals surface area contributed by atoms with Crippen LogP contribution < -0.4 is 0 Å². The van der Waals surface area contributed by atoms with E-state index in [1.807, 2.05) is 24.3 Å². The molecule has 0 atom stereocenters. The molecule has 0 saturated heterocycles. The first-order chi connectivity index (χ1) is 14.5. The van der Waals surface area contributed by atoms with Gasteiger partial charge < -0.3 is 0 Å². The molecule has 4 aromatic rings. The fourth-order valence-corrected chi connectivity index (χ4v) is 3.60. The molecule has 0 unspecified atom stereocenters. The maximum absolute atomic E-state index is 14.7. The Morgan fingerprint density at radius 1 is 0.500 bits per heavy atom. The minimum atomic E-state index is -0.991. The van der Waals surface area contributed by atoms with Crippen molar-refractivity contribution in [3.8, 4) is 33.4 Å². The summed E-state index contributed by atoms with van der Waals surface area (Å²) in [5, 5.41) is 0. The molecule has 0 N–H and O–H groups in total. The van der Waals surface area contributed by atoms with Crippen molar-refractivity contribution >= 4 is 0 Å². The fraction of sp³-hybridized carbons (Fsp3) is 0.111. The van der Waals surface area contributed by atoms with E-state index in [9.17, 15) is 13.2 Å². The summed E-state index contributed by atoms with van der Waals surface area (Å²) in [6, 6.07) is 24.7. The average Bonchev–Trinajstić information content (AvgIpc) is 2.77. The molecule has 0 aliphatic rings. The summed E-state index contributed by atoms with van der Waals surface area (Å²) in [4.78, 5) is 0. The molecule has 0 radical (unpaired) electrons. The van der Waals surface area contributed by atoms with Crippen LogP contribution >= 0.6 is 0 Å². The predicted octanol–water partition coefficient (Wildman–Crippen LogP) is 8.06. The summed E-state index contributed by atoms with van der Waals surface area (Å²) >= 11 is 0. The quantitative estimate of drug-likeness (QED) is 0.317. The van der Waals surface area contributed by atoms with Crippen molar-refractivity contribution in [2.75, 3.05) is 0 Å². The molecule has 0 nitrogen and oxygen atoms in total. The van der Waals surface area contributed by atoms with Gasteiger partial charge in [0.25, 0.3) is 0 Å². The number of hydrogen-bond donors (Lipinski definition) is 0. The Bertz CT molecular complexity index is 1160. The summed E-state index contributed by atoms with van der Waals surface area (Å²) in [6.45, 7) is 2.17. The second kappa shape index (κ2) is 8.58. The summed E-state index contributed by atoms with van der Waals surface area (Å²) in [5.41, 5.74) is 5.72. The number of hydrogen-bond acceptors (Lipinski definition) is 0. The zero-order valence-corrected chi connectivity index (χ0v) is 16.6. The van der Waals surface area contributed by atoms with Gasteiger partial charge in [-0.1, -0.05) is 80.1 Å². The van der Waals surface area contributed by atoms with E-state index < -0.39 is 17.5 Å². The lowest BCUT2D eigenvalue weighted by molar-refractivity contribution is 0.509. The van der Waals surface area contributed by atoms with E-state index in [0.29, 0.717) is 5.56 Å². The third-order valence-corrected chi connectivity index (χ3v) is 5.24. The zero-order chi connectivity index (χ0) is 21.1. The first kappa shape index (κ1) is 20.0. The highest BCUT2D eigenvalue weighted by Crippen LogP contribution is 2.30. The van der Waals surface area contributed by atoms with Crippen LogP contribution in [0.3, 0.4) is 0 Å². The van der Waals surface area contributed by atoms with Gasteiger partial charge in [-0.2, -0.15) is 0 Å². The summed E-state index contributed by atoms with van der Waals surface area (Å²) < 4.78 is 41.3. The molecule has 0 bridgehead atoms. The average molecular weight is 402 g/mol. The van der Waals surface area contributed by atoms with Crippen molar-refractivity contribution in [1.29, 1.82) is 0 Å². The standard InChI is InChI=1S/C27H21F3/c1-2-3-18-4-6-19(7-5-18)20-8-10-21(11-9-20)22-12-14-24(26(29)16-22)23-13-15-25(28)27(30)17-23/h4-17H,2-3H2,1H3. The second-order valence-corrected chi connectivity index (χ2v) is 7.35. The van der Waals surface area contributed by atoms with E-state index in [-0.39, 0.29) is 5.56 Å². The molecule has 0 amide bonds. The van der Waals surface area contributed by atoms with E-state index in [4.69, 9.17) is 0 Å². The molecule has 0 fully saturated rings. The molecular weight excluding hydrogens is 381 g/mol. The molecule has 0 saturated carbocycles. The van der Waals surface area contributed by atoms with E-state index >= 15 is 0 Å². The highest BCUT2D eigenvalue weighted by molar-refractivity contribution is 5.73. The molecule has 0 heterocycles. The molecule has 3 heteroatoms. The topological polar surface area (TPSA) is 0 Å². The molecule has 0 aliphatic heterocycles. The summed E-state index contributed by atoms with van der Waals surface area (Å²) in [6.07, 6.45) is 2.20. The van der Waals surface area contributed by atoms with Crippen LogP contribution in [0.2, 0.25) is 0 Å². The number of halogens is 3. The van der Waals surface area contributed by atoms with Gasteiger partial charge in [0.05, 0.1) is 0 Å². The summed E-state index contributed by atoms with van der Waals surface area (Å²) in [5.74, 6) is -2.42. The van der Waals surface area contributed by atoms with Gasteiger partial charge in [-0.15, -0.1) is 0 Å². The smallest absolute Gasteiger partial charge is 0.159 e. The maximum atomic E-state index is 14.7. The highest BCUT2D eigenvalue weighted by Gasteiger charge is 2.10. The molecule has 0 spiro atoms. The highest BCUT2D eigenvalue weighted by atomic mass is 19.2. The van der Waals surface area contributed by atoms with Gasteiger partial charge in [-0.05, 0) is 58.0 Å². The molecule has 4 rings (SSSR count). The van der Waals surface area contributed by atoms with Crippen molar-refractivity contribution in [1.82, 2.24) is 0 Å². The number of rotatable bonds is 5. The van der Waals surface area contributed by atoms with Gasteiger partial charge in [0.2, 0.25) is 0 Å². The Morgan fingerprint density at radius 2 is 1.00 bits per heavy atom. The SMILES string of the molecule is CCCc1ccc(-c2ccc(-c3ccc(-c4ccc(F)c(F)c4)c(F)c3)cc2)cc1. The van der Waals surface area contributed by atoms with Crippen LogP contribution in [-0.2, 0) is 6.42 Å². The van der Waals surface area contributed by atoms with Gasteiger partial charge in [0, 0.05) is 5.56 Å².